The SMILES string of the molecule is CSNc1ccccc1-c1ccc2c(c1)OCC(Cc1ccccn1)C2O. The van der Waals surface area contributed by atoms with Gasteiger partial charge in [0.25, 0.3) is 0 Å². The highest BCUT2D eigenvalue weighted by Gasteiger charge is 2.30. The van der Waals surface area contributed by atoms with Gasteiger partial charge in [-0.1, -0.05) is 48.3 Å². The molecule has 1 aliphatic heterocycles. The zero-order chi connectivity index (χ0) is 18.6. The van der Waals surface area contributed by atoms with E-state index in [0.29, 0.717) is 13.0 Å². The Hall–Kier alpha value is -2.50. The van der Waals surface area contributed by atoms with Crippen molar-refractivity contribution in [1.29, 1.82) is 0 Å². The van der Waals surface area contributed by atoms with Crippen molar-refractivity contribution in [3.63, 3.8) is 0 Å². The van der Waals surface area contributed by atoms with Crippen LogP contribution in [-0.4, -0.2) is 23.0 Å². The molecule has 2 N–H and O–H groups in total. The number of aliphatic hydroxyl groups excluding tert-OH is 1. The molecule has 0 bridgehead atoms. The average Bonchev–Trinajstić information content (AvgIpc) is 2.71. The number of ether oxygens (including phenoxy) is 1. The summed E-state index contributed by atoms with van der Waals surface area (Å²) in [5.41, 5.74) is 5.07. The molecule has 0 aliphatic carbocycles. The molecule has 2 atom stereocenters. The number of nitrogens with zero attached hydrogens (tertiary/aromatic N) is 1. The van der Waals surface area contributed by atoms with Crippen LogP contribution < -0.4 is 9.46 Å². The lowest BCUT2D eigenvalue weighted by Gasteiger charge is -2.30. The first-order chi connectivity index (χ1) is 13.3. The number of nitrogens with one attached hydrogen (secondary N) is 1. The van der Waals surface area contributed by atoms with Crippen LogP contribution in [-0.2, 0) is 6.42 Å². The van der Waals surface area contributed by atoms with Crippen LogP contribution in [0.2, 0.25) is 0 Å². The van der Waals surface area contributed by atoms with Crippen LogP contribution >= 0.6 is 11.9 Å². The number of para-hydroxylation sites is 1. The lowest BCUT2D eigenvalue weighted by molar-refractivity contribution is 0.0503. The summed E-state index contributed by atoms with van der Waals surface area (Å²) in [6.07, 6.45) is 3.93. The molecule has 2 heterocycles. The van der Waals surface area contributed by atoms with Crippen molar-refractivity contribution in [2.24, 2.45) is 5.92 Å². The second kappa shape index (κ2) is 8.03. The Kier molecular flexibility index (Phi) is 5.32. The Morgan fingerprint density at radius 3 is 2.81 bits per heavy atom. The van der Waals surface area contributed by atoms with E-state index in [1.165, 1.54) is 0 Å². The van der Waals surface area contributed by atoms with Gasteiger partial charge in [-0.3, -0.25) is 4.98 Å². The highest BCUT2D eigenvalue weighted by Crippen LogP contribution is 2.40. The lowest BCUT2D eigenvalue weighted by atomic mass is 9.88. The molecule has 0 amide bonds. The zero-order valence-electron chi connectivity index (χ0n) is 15.1. The molecular weight excluding hydrogens is 356 g/mol. The normalized spacial score (nSPS) is 18.4. The molecule has 1 aliphatic rings. The largest absolute Gasteiger partial charge is 0.493 e. The van der Waals surface area contributed by atoms with Crippen LogP contribution in [0.3, 0.4) is 0 Å². The van der Waals surface area contributed by atoms with Crippen molar-refractivity contribution in [3.8, 4) is 16.9 Å². The molecule has 138 valence electrons. The predicted octanol–water partition coefficient (Wildman–Crippen LogP) is 4.72. The minimum Gasteiger partial charge on any atom is -0.493 e. The average molecular weight is 378 g/mol. The highest BCUT2D eigenvalue weighted by molar-refractivity contribution is 7.99. The molecule has 4 nitrogen and oxygen atoms in total. The molecule has 0 radical (unpaired) electrons. The number of fused-ring (bicyclic) bond motifs is 1. The molecule has 1 aromatic heterocycles. The van der Waals surface area contributed by atoms with Gasteiger partial charge in [0, 0.05) is 35.2 Å². The van der Waals surface area contributed by atoms with Crippen molar-refractivity contribution < 1.29 is 9.84 Å². The Bertz CT molecular complexity index is 917. The van der Waals surface area contributed by atoms with E-state index in [0.717, 1.165) is 33.8 Å². The Morgan fingerprint density at radius 2 is 2.00 bits per heavy atom. The van der Waals surface area contributed by atoms with Crippen molar-refractivity contribution in [2.75, 3.05) is 17.6 Å². The summed E-state index contributed by atoms with van der Waals surface area (Å²) in [5, 5.41) is 10.9. The standard InChI is InChI=1S/C22H22N2O2S/c1-27-24-20-8-3-2-7-18(20)15-9-10-19-21(13-15)26-14-16(22(19)25)12-17-6-4-5-11-23-17/h2-11,13,16,22,24-25H,12,14H2,1H3. The fourth-order valence-electron chi connectivity index (χ4n) is 3.50. The summed E-state index contributed by atoms with van der Waals surface area (Å²) in [4.78, 5) is 4.37. The maximum atomic E-state index is 10.9. The van der Waals surface area contributed by atoms with Crippen molar-refractivity contribution in [2.45, 2.75) is 12.5 Å². The van der Waals surface area contributed by atoms with Gasteiger partial charge in [0.2, 0.25) is 0 Å². The summed E-state index contributed by atoms with van der Waals surface area (Å²) in [6, 6.07) is 20.1. The topological polar surface area (TPSA) is 54.4 Å². The first-order valence-corrected chi connectivity index (χ1v) is 10.2. The van der Waals surface area contributed by atoms with Gasteiger partial charge in [-0.15, -0.1) is 0 Å². The second-order valence-corrected chi connectivity index (χ2v) is 7.26. The number of benzene rings is 2. The van der Waals surface area contributed by atoms with Gasteiger partial charge in [-0.05, 0) is 36.2 Å². The Balaban J connectivity index is 1.59. The van der Waals surface area contributed by atoms with Crippen LogP contribution in [0.25, 0.3) is 11.1 Å². The number of rotatable bonds is 5. The number of aliphatic hydroxyl groups is 1. The van der Waals surface area contributed by atoms with Crippen LogP contribution in [0.15, 0.2) is 66.9 Å². The van der Waals surface area contributed by atoms with Gasteiger partial charge >= 0.3 is 0 Å². The maximum Gasteiger partial charge on any atom is 0.125 e. The maximum absolute atomic E-state index is 10.9. The number of hydrogen-bond donors (Lipinski definition) is 2. The lowest BCUT2D eigenvalue weighted by Crippen LogP contribution is -2.28. The summed E-state index contributed by atoms with van der Waals surface area (Å²) in [6.45, 7) is 0.485. The van der Waals surface area contributed by atoms with Crippen LogP contribution in [0, 0.1) is 5.92 Å². The molecular formula is C22H22N2O2S. The monoisotopic (exact) mass is 378 g/mol. The fourth-order valence-corrected chi connectivity index (χ4v) is 3.90. The van der Waals surface area contributed by atoms with Crippen LogP contribution in [0.5, 0.6) is 5.75 Å². The smallest absolute Gasteiger partial charge is 0.125 e. The van der Waals surface area contributed by atoms with Gasteiger partial charge in [-0.25, -0.2) is 0 Å². The fraction of sp³-hybridized carbons (Fsp3) is 0.227. The number of pyridine rings is 1. The van der Waals surface area contributed by atoms with Crippen molar-refractivity contribution in [1.82, 2.24) is 4.98 Å². The minimum atomic E-state index is -0.552. The third-order valence-electron chi connectivity index (χ3n) is 4.88. The Labute approximate surface area is 163 Å². The van der Waals surface area contributed by atoms with Crippen LogP contribution in [0.1, 0.15) is 17.4 Å². The highest BCUT2D eigenvalue weighted by atomic mass is 32.2. The van der Waals surface area contributed by atoms with E-state index in [1.807, 2.05) is 48.7 Å². The van der Waals surface area contributed by atoms with Gasteiger partial charge in [-0.2, -0.15) is 0 Å². The third kappa shape index (κ3) is 3.80. The number of aromatic nitrogens is 1. The molecule has 0 saturated heterocycles. The first-order valence-electron chi connectivity index (χ1n) is 8.99. The summed E-state index contributed by atoms with van der Waals surface area (Å²) >= 11 is 1.57. The second-order valence-electron chi connectivity index (χ2n) is 6.65. The summed E-state index contributed by atoms with van der Waals surface area (Å²) in [5.74, 6) is 0.764. The zero-order valence-corrected chi connectivity index (χ0v) is 15.9. The van der Waals surface area contributed by atoms with Crippen molar-refractivity contribution in [3.05, 3.63) is 78.1 Å². The van der Waals surface area contributed by atoms with E-state index in [2.05, 4.69) is 27.9 Å². The first kappa shape index (κ1) is 17.9. The van der Waals surface area contributed by atoms with E-state index in [9.17, 15) is 5.11 Å². The van der Waals surface area contributed by atoms with E-state index in [4.69, 9.17) is 4.74 Å². The number of hydrogen-bond acceptors (Lipinski definition) is 5. The molecule has 2 unspecified atom stereocenters. The molecule has 3 aromatic rings. The van der Waals surface area contributed by atoms with Gasteiger partial charge < -0.3 is 14.6 Å². The number of anilines is 1. The predicted molar refractivity (Wildman–Crippen MR) is 111 cm³/mol. The molecule has 27 heavy (non-hydrogen) atoms. The molecule has 5 heteroatoms. The van der Waals surface area contributed by atoms with Gasteiger partial charge in [0.15, 0.2) is 0 Å². The van der Waals surface area contributed by atoms with Crippen LogP contribution in [0.4, 0.5) is 5.69 Å². The van der Waals surface area contributed by atoms with Crippen molar-refractivity contribution >= 4 is 17.6 Å². The molecule has 0 saturated carbocycles. The van der Waals surface area contributed by atoms with E-state index in [-0.39, 0.29) is 5.92 Å². The molecule has 4 rings (SSSR count). The quantitative estimate of drug-likeness (QED) is 0.629. The molecule has 0 spiro atoms. The summed E-state index contributed by atoms with van der Waals surface area (Å²) in [7, 11) is 0. The van der Waals surface area contributed by atoms with Gasteiger partial charge in [0.1, 0.15) is 5.75 Å². The molecule has 0 fully saturated rings. The van der Waals surface area contributed by atoms with E-state index >= 15 is 0 Å². The molecule has 2 aromatic carbocycles. The minimum absolute atomic E-state index is 0.00342. The van der Waals surface area contributed by atoms with E-state index in [1.54, 1.807) is 18.1 Å². The van der Waals surface area contributed by atoms with E-state index < -0.39 is 6.10 Å². The Morgan fingerprint density at radius 1 is 1.15 bits per heavy atom. The summed E-state index contributed by atoms with van der Waals surface area (Å²) < 4.78 is 9.34. The van der Waals surface area contributed by atoms with Gasteiger partial charge in [0.05, 0.1) is 18.4 Å². The third-order valence-corrected chi connectivity index (χ3v) is 5.30.